The van der Waals surface area contributed by atoms with E-state index in [-0.39, 0.29) is 5.91 Å². The van der Waals surface area contributed by atoms with E-state index < -0.39 is 0 Å². The number of amides is 1. The lowest BCUT2D eigenvalue weighted by Crippen LogP contribution is -2.38. The molecule has 2 aromatic rings. The maximum atomic E-state index is 12.6. The van der Waals surface area contributed by atoms with E-state index in [2.05, 4.69) is 39.9 Å². The minimum Gasteiger partial charge on any atom is -0.338 e. The zero-order valence-corrected chi connectivity index (χ0v) is 13.7. The van der Waals surface area contributed by atoms with Gasteiger partial charge in [0.05, 0.1) is 5.69 Å². The molecule has 0 N–H and O–H groups in total. The van der Waals surface area contributed by atoms with E-state index in [1.54, 1.807) is 0 Å². The summed E-state index contributed by atoms with van der Waals surface area (Å²) in [6, 6.07) is 10.6. The van der Waals surface area contributed by atoms with Gasteiger partial charge in [-0.2, -0.15) is 0 Å². The molecule has 1 saturated heterocycles. The number of piperidine rings is 1. The van der Waals surface area contributed by atoms with E-state index >= 15 is 0 Å². The molecular weight excluding hydrogens is 294 g/mol. The lowest BCUT2D eigenvalue weighted by molar-refractivity contribution is 0.0694. The minimum absolute atomic E-state index is 0.116. The van der Waals surface area contributed by atoms with E-state index in [1.165, 1.54) is 17.1 Å². The smallest absolute Gasteiger partial charge is 0.267 e. The molecule has 0 atom stereocenters. The summed E-state index contributed by atoms with van der Waals surface area (Å²) in [6.45, 7) is 3.70. The first-order chi connectivity index (χ1) is 10.8. The van der Waals surface area contributed by atoms with Gasteiger partial charge in [-0.05, 0) is 48.7 Å². The minimum atomic E-state index is 0.116. The summed E-state index contributed by atoms with van der Waals surface area (Å²) in [5.74, 6) is 0.793. The maximum absolute atomic E-state index is 12.6. The van der Waals surface area contributed by atoms with Crippen molar-refractivity contribution in [2.75, 3.05) is 13.1 Å². The van der Waals surface area contributed by atoms with Crippen molar-refractivity contribution in [3.8, 4) is 0 Å². The second-order valence-corrected chi connectivity index (χ2v) is 6.58. The fraction of sp³-hybridized carbons (Fsp3) is 0.471. The van der Waals surface area contributed by atoms with Crippen molar-refractivity contribution in [2.45, 2.75) is 32.6 Å². The molecule has 0 radical (unpaired) electrons. The van der Waals surface area contributed by atoms with Crippen LogP contribution in [0.15, 0.2) is 30.3 Å². The van der Waals surface area contributed by atoms with Gasteiger partial charge in [0.2, 0.25) is 0 Å². The van der Waals surface area contributed by atoms with E-state index in [0.29, 0.717) is 5.92 Å². The van der Waals surface area contributed by atoms with Crippen molar-refractivity contribution in [1.29, 1.82) is 0 Å². The van der Waals surface area contributed by atoms with Gasteiger partial charge in [-0.15, -0.1) is 5.10 Å². The quantitative estimate of drug-likeness (QED) is 0.870. The largest absolute Gasteiger partial charge is 0.338 e. The van der Waals surface area contributed by atoms with Crippen molar-refractivity contribution in [1.82, 2.24) is 14.5 Å². The number of aryl methyl sites for hydroxylation is 1. The van der Waals surface area contributed by atoms with Crippen LogP contribution in [-0.4, -0.2) is 33.5 Å². The van der Waals surface area contributed by atoms with Crippen LogP contribution in [0, 0.1) is 5.92 Å². The number of carbonyl (C=O) groups is 1. The van der Waals surface area contributed by atoms with Crippen LogP contribution in [-0.2, 0) is 12.8 Å². The van der Waals surface area contributed by atoms with Gasteiger partial charge in [0.15, 0.2) is 0 Å². The molecule has 1 aliphatic heterocycles. The predicted molar refractivity (Wildman–Crippen MR) is 88.1 cm³/mol. The van der Waals surface area contributed by atoms with Gasteiger partial charge in [0.25, 0.3) is 5.91 Å². The molecule has 22 heavy (non-hydrogen) atoms. The highest BCUT2D eigenvalue weighted by molar-refractivity contribution is 7.08. The number of rotatable bonds is 4. The molecule has 1 amide bonds. The number of hydrogen-bond donors (Lipinski definition) is 0. The molecule has 0 unspecified atom stereocenters. The molecule has 5 heteroatoms. The zero-order valence-electron chi connectivity index (χ0n) is 12.9. The lowest BCUT2D eigenvalue weighted by Gasteiger charge is -2.31. The molecule has 3 rings (SSSR count). The number of carbonyl (C=O) groups excluding carboxylic acids is 1. The van der Waals surface area contributed by atoms with Crippen molar-refractivity contribution < 1.29 is 4.79 Å². The Morgan fingerprint density at radius 3 is 2.68 bits per heavy atom. The van der Waals surface area contributed by atoms with Crippen LogP contribution < -0.4 is 0 Å². The summed E-state index contributed by atoms with van der Waals surface area (Å²) >= 11 is 1.23. The Hall–Kier alpha value is -1.75. The highest BCUT2D eigenvalue weighted by Crippen LogP contribution is 2.24. The van der Waals surface area contributed by atoms with Gasteiger partial charge >= 0.3 is 0 Å². The first-order valence-electron chi connectivity index (χ1n) is 7.92. The Bertz CT molecular complexity index is 618. The van der Waals surface area contributed by atoms with Crippen LogP contribution in [0.5, 0.6) is 0 Å². The van der Waals surface area contributed by atoms with Gasteiger partial charge in [-0.3, -0.25) is 4.79 Å². The van der Waals surface area contributed by atoms with Crippen molar-refractivity contribution in [3.05, 3.63) is 46.5 Å². The molecular formula is C17H21N3OS. The third kappa shape index (κ3) is 3.35. The van der Waals surface area contributed by atoms with E-state index in [9.17, 15) is 4.79 Å². The maximum Gasteiger partial charge on any atom is 0.267 e. The normalized spacial score (nSPS) is 16.0. The fourth-order valence-corrected chi connectivity index (χ4v) is 3.75. The van der Waals surface area contributed by atoms with Crippen molar-refractivity contribution in [3.63, 3.8) is 0 Å². The molecule has 116 valence electrons. The van der Waals surface area contributed by atoms with Crippen molar-refractivity contribution in [2.24, 2.45) is 5.92 Å². The first kappa shape index (κ1) is 15.2. The summed E-state index contributed by atoms with van der Waals surface area (Å²) in [5, 5.41) is 4.04. The average Bonchev–Trinajstić information content (AvgIpc) is 3.04. The molecule has 1 aliphatic rings. The molecule has 0 aliphatic carbocycles. The lowest BCUT2D eigenvalue weighted by atomic mass is 9.90. The Kier molecular flexibility index (Phi) is 4.83. The molecule has 0 saturated carbocycles. The van der Waals surface area contributed by atoms with Gasteiger partial charge in [0.1, 0.15) is 4.88 Å². The number of benzene rings is 1. The molecule has 1 fully saturated rings. The van der Waals surface area contributed by atoms with Crippen LogP contribution >= 0.6 is 11.5 Å². The van der Waals surface area contributed by atoms with E-state index in [1.807, 2.05) is 11.8 Å². The highest BCUT2D eigenvalue weighted by atomic mass is 32.1. The fourth-order valence-electron chi connectivity index (χ4n) is 3.03. The number of aromatic nitrogens is 2. The van der Waals surface area contributed by atoms with Crippen LogP contribution in [0.4, 0.5) is 0 Å². The summed E-state index contributed by atoms with van der Waals surface area (Å²) in [7, 11) is 0. The van der Waals surface area contributed by atoms with E-state index in [4.69, 9.17) is 0 Å². The van der Waals surface area contributed by atoms with E-state index in [0.717, 1.165) is 49.3 Å². The summed E-state index contributed by atoms with van der Waals surface area (Å²) in [4.78, 5) is 15.3. The second kappa shape index (κ2) is 7.01. The van der Waals surface area contributed by atoms with Crippen LogP contribution in [0.1, 0.15) is 40.7 Å². The standard InChI is InChI=1S/C17H21N3OS/c1-2-15-16(22-19-18-15)17(21)20-10-8-14(9-11-20)12-13-6-4-3-5-7-13/h3-7,14H,2,8-12H2,1H3. The van der Waals surface area contributed by atoms with Crippen LogP contribution in [0.2, 0.25) is 0 Å². The van der Waals surface area contributed by atoms with Gasteiger partial charge < -0.3 is 4.90 Å². The number of nitrogens with zero attached hydrogens (tertiary/aromatic N) is 3. The molecule has 0 bridgehead atoms. The molecule has 0 spiro atoms. The number of hydrogen-bond acceptors (Lipinski definition) is 4. The monoisotopic (exact) mass is 315 g/mol. The SMILES string of the molecule is CCc1nnsc1C(=O)N1CCC(Cc2ccccc2)CC1. The highest BCUT2D eigenvalue weighted by Gasteiger charge is 2.26. The Morgan fingerprint density at radius 2 is 2.00 bits per heavy atom. The van der Waals surface area contributed by atoms with Gasteiger partial charge in [-0.1, -0.05) is 41.7 Å². The van der Waals surface area contributed by atoms with Crippen LogP contribution in [0.3, 0.4) is 0 Å². The van der Waals surface area contributed by atoms with Crippen LogP contribution in [0.25, 0.3) is 0 Å². The third-order valence-corrected chi connectivity index (χ3v) is 5.11. The average molecular weight is 315 g/mol. The summed E-state index contributed by atoms with van der Waals surface area (Å²) in [6.07, 6.45) is 4.04. The zero-order chi connectivity index (χ0) is 15.4. The van der Waals surface area contributed by atoms with Crippen molar-refractivity contribution >= 4 is 17.4 Å². The van der Waals surface area contributed by atoms with Gasteiger partial charge in [-0.25, -0.2) is 0 Å². The van der Waals surface area contributed by atoms with Gasteiger partial charge in [0, 0.05) is 13.1 Å². The molecule has 1 aromatic carbocycles. The Balaban J connectivity index is 1.56. The molecule has 2 heterocycles. The molecule has 4 nitrogen and oxygen atoms in total. The summed E-state index contributed by atoms with van der Waals surface area (Å²) in [5.41, 5.74) is 2.23. The first-order valence-corrected chi connectivity index (χ1v) is 8.69. The summed E-state index contributed by atoms with van der Waals surface area (Å²) < 4.78 is 3.92. The number of likely N-dealkylation sites (tertiary alicyclic amines) is 1. The third-order valence-electron chi connectivity index (χ3n) is 4.35. The Labute approximate surface area is 135 Å². The Morgan fingerprint density at radius 1 is 1.27 bits per heavy atom. The predicted octanol–water partition coefficient (Wildman–Crippen LogP) is 3.20. The molecule has 1 aromatic heterocycles. The topological polar surface area (TPSA) is 46.1 Å². The second-order valence-electron chi connectivity index (χ2n) is 5.83.